The topological polar surface area (TPSA) is 83.3 Å². The summed E-state index contributed by atoms with van der Waals surface area (Å²) >= 11 is 12.0. The first-order valence-corrected chi connectivity index (χ1v) is 6.21. The van der Waals surface area contributed by atoms with E-state index < -0.39 is 0 Å². The van der Waals surface area contributed by atoms with Gasteiger partial charge in [0.1, 0.15) is 5.82 Å². The Bertz CT molecular complexity index is 468. The summed E-state index contributed by atoms with van der Waals surface area (Å²) < 4.78 is 0. The fraction of sp³-hybridized carbons (Fsp3) is 0.400. The van der Waals surface area contributed by atoms with Gasteiger partial charge in [-0.15, -0.1) is 0 Å². The minimum atomic E-state index is -0.0532. The second-order valence-corrected chi connectivity index (χ2v) is 4.71. The summed E-state index contributed by atoms with van der Waals surface area (Å²) in [6, 6.07) is 1.56. The fourth-order valence-corrected chi connectivity index (χ4v) is 2.30. The maximum absolute atomic E-state index is 11.5. The van der Waals surface area contributed by atoms with Crippen LogP contribution in [-0.4, -0.2) is 30.5 Å². The highest BCUT2D eigenvalue weighted by molar-refractivity contribution is 6.37. The molecule has 1 aromatic rings. The van der Waals surface area contributed by atoms with E-state index in [9.17, 15) is 4.79 Å². The number of hydrogen-bond donors (Lipinski definition) is 3. The van der Waals surface area contributed by atoms with Crippen molar-refractivity contribution in [2.75, 3.05) is 30.0 Å². The third kappa shape index (κ3) is 2.77. The Morgan fingerprint density at radius 1 is 1.44 bits per heavy atom. The number of nitrogens with two attached hydrogens (primary N) is 1. The second kappa shape index (κ2) is 5.60. The molecule has 1 aromatic heterocycles. The number of hydrogen-bond acceptors (Lipinski definition) is 5. The molecule has 8 heteroatoms. The monoisotopic (exact) mass is 289 g/mol. The first-order valence-electron chi connectivity index (χ1n) is 5.46. The van der Waals surface area contributed by atoms with Crippen molar-refractivity contribution in [3.63, 3.8) is 0 Å². The first-order chi connectivity index (χ1) is 8.61. The van der Waals surface area contributed by atoms with E-state index >= 15 is 0 Å². The van der Waals surface area contributed by atoms with Crippen molar-refractivity contribution in [3.8, 4) is 0 Å². The number of amides is 1. The fourth-order valence-electron chi connectivity index (χ4n) is 1.77. The SMILES string of the molecule is NNc1nc(N2CCCNC(=O)C2)c(Cl)cc1Cl. The van der Waals surface area contributed by atoms with Gasteiger partial charge in [-0.05, 0) is 12.5 Å². The third-order valence-electron chi connectivity index (χ3n) is 2.61. The van der Waals surface area contributed by atoms with Crippen molar-refractivity contribution < 1.29 is 4.79 Å². The zero-order valence-electron chi connectivity index (χ0n) is 9.54. The number of anilines is 2. The molecular formula is C10H13Cl2N5O. The highest BCUT2D eigenvalue weighted by Crippen LogP contribution is 2.31. The lowest BCUT2D eigenvalue weighted by atomic mass is 10.3. The zero-order chi connectivity index (χ0) is 13.1. The van der Waals surface area contributed by atoms with Crippen LogP contribution in [0.3, 0.4) is 0 Å². The maximum Gasteiger partial charge on any atom is 0.239 e. The number of halogens is 2. The molecule has 2 rings (SSSR count). The molecule has 6 nitrogen and oxygen atoms in total. The van der Waals surface area contributed by atoms with Gasteiger partial charge in [-0.3, -0.25) is 4.79 Å². The van der Waals surface area contributed by atoms with E-state index in [0.29, 0.717) is 34.8 Å². The van der Waals surface area contributed by atoms with Gasteiger partial charge in [0.15, 0.2) is 5.82 Å². The van der Waals surface area contributed by atoms with Crippen LogP contribution in [0.4, 0.5) is 11.6 Å². The van der Waals surface area contributed by atoms with Crippen molar-refractivity contribution in [2.45, 2.75) is 6.42 Å². The van der Waals surface area contributed by atoms with Crippen molar-refractivity contribution >= 4 is 40.7 Å². The van der Waals surface area contributed by atoms with Crippen LogP contribution in [0.5, 0.6) is 0 Å². The van der Waals surface area contributed by atoms with Crippen molar-refractivity contribution in [1.82, 2.24) is 10.3 Å². The number of nitrogen functional groups attached to an aromatic ring is 1. The van der Waals surface area contributed by atoms with Gasteiger partial charge >= 0.3 is 0 Å². The Morgan fingerprint density at radius 2 is 2.22 bits per heavy atom. The summed E-state index contributed by atoms with van der Waals surface area (Å²) in [6.07, 6.45) is 0.831. The number of pyridine rings is 1. The lowest BCUT2D eigenvalue weighted by Crippen LogP contribution is -2.33. The predicted molar refractivity (Wildman–Crippen MR) is 71.9 cm³/mol. The molecule has 0 spiro atoms. The Kier molecular flexibility index (Phi) is 4.11. The lowest BCUT2D eigenvalue weighted by Gasteiger charge is -2.22. The standard InChI is InChI=1S/C10H13Cl2N5O/c11-6-4-7(12)10(15-9(6)16-13)17-3-1-2-14-8(18)5-17/h4H,1-3,5,13H2,(H,14,18)(H,15,16). The number of aromatic nitrogens is 1. The molecule has 0 aliphatic carbocycles. The van der Waals surface area contributed by atoms with Crippen molar-refractivity contribution in [2.24, 2.45) is 5.84 Å². The van der Waals surface area contributed by atoms with Gasteiger partial charge in [-0.25, -0.2) is 10.8 Å². The minimum Gasteiger partial charge on any atom is -0.354 e. The van der Waals surface area contributed by atoms with E-state index in [1.54, 1.807) is 6.07 Å². The highest BCUT2D eigenvalue weighted by Gasteiger charge is 2.20. The van der Waals surface area contributed by atoms with Crippen LogP contribution in [0, 0.1) is 0 Å². The molecule has 1 aliphatic rings. The number of nitrogens with zero attached hydrogens (tertiary/aromatic N) is 2. The van der Waals surface area contributed by atoms with E-state index in [4.69, 9.17) is 29.0 Å². The van der Waals surface area contributed by atoms with Crippen LogP contribution in [0.1, 0.15) is 6.42 Å². The summed E-state index contributed by atoms with van der Waals surface area (Å²) in [5.74, 6) is 6.11. The normalized spacial score (nSPS) is 16.2. The lowest BCUT2D eigenvalue weighted by molar-refractivity contribution is -0.119. The molecule has 4 N–H and O–H groups in total. The van der Waals surface area contributed by atoms with E-state index in [1.807, 2.05) is 4.90 Å². The molecule has 0 radical (unpaired) electrons. The average molecular weight is 290 g/mol. The van der Waals surface area contributed by atoms with Crippen LogP contribution < -0.4 is 21.5 Å². The summed E-state index contributed by atoms with van der Waals surface area (Å²) in [7, 11) is 0. The number of carbonyl (C=O) groups excluding carboxylic acids is 1. The Balaban J connectivity index is 2.33. The van der Waals surface area contributed by atoms with E-state index in [2.05, 4.69) is 15.7 Å². The minimum absolute atomic E-state index is 0.0532. The molecule has 98 valence electrons. The van der Waals surface area contributed by atoms with Crippen LogP contribution in [0.2, 0.25) is 10.0 Å². The maximum atomic E-state index is 11.5. The van der Waals surface area contributed by atoms with Crippen molar-refractivity contribution in [3.05, 3.63) is 16.1 Å². The van der Waals surface area contributed by atoms with E-state index in [0.717, 1.165) is 6.42 Å². The molecule has 1 aliphatic heterocycles. The highest BCUT2D eigenvalue weighted by atomic mass is 35.5. The molecule has 0 atom stereocenters. The quantitative estimate of drug-likeness (QED) is 0.559. The largest absolute Gasteiger partial charge is 0.354 e. The predicted octanol–water partition coefficient (Wildman–Crippen LogP) is 1.00. The van der Waals surface area contributed by atoms with Crippen LogP contribution in [0.25, 0.3) is 0 Å². The molecule has 2 heterocycles. The van der Waals surface area contributed by atoms with Gasteiger partial charge in [-0.2, -0.15) is 0 Å². The molecular weight excluding hydrogens is 277 g/mol. The first kappa shape index (κ1) is 13.2. The molecule has 0 saturated carbocycles. The van der Waals surface area contributed by atoms with Crippen LogP contribution in [-0.2, 0) is 4.79 Å². The summed E-state index contributed by atoms with van der Waals surface area (Å²) in [6.45, 7) is 1.57. The molecule has 1 fully saturated rings. The number of carbonyl (C=O) groups is 1. The zero-order valence-corrected chi connectivity index (χ0v) is 11.1. The molecule has 0 bridgehead atoms. The Morgan fingerprint density at radius 3 is 2.94 bits per heavy atom. The molecule has 18 heavy (non-hydrogen) atoms. The molecule has 1 saturated heterocycles. The van der Waals surface area contributed by atoms with Gasteiger partial charge in [0.25, 0.3) is 0 Å². The van der Waals surface area contributed by atoms with Gasteiger partial charge in [0.05, 0.1) is 16.6 Å². The van der Waals surface area contributed by atoms with Crippen LogP contribution >= 0.6 is 23.2 Å². The van der Waals surface area contributed by atoms with E-state index in [1.165, 1.54) is 0 Å². The summed E-state index contributed by atoms with van der Waals surface area (Å²) in [5.41, 5.74) is 2.40. The number of rotatable bonds is 2. The molecule has 1 amide bonds. The summed E-state index contributed by atoms with van der Waals surface area (Å²) in [5, 5.41) is 3.52. The van der Waals surface area contributed by atoms with Gasteiger partial charge in [-0.1, -0.05) is 23.2 Å². The molecule has 0 aromatic carbocycles. The van der Waals surface area contributed by atoms with Gasteiger partial charge in [0.2, 0.25) is 5.91 Å². The number of hydrazine groups is 1. The third-order valence-corrected chi connectivity index (χ3v) is 3.17. The van der Waals surface area contributed by atoms with Gasteiger partial charge < -0.3 is 15.6 Å². The summed E-state index contributed by atoms with van der Waals surface area (Å²) in [4.78, 5) is 17.6. The smallest absolute Gasteiger partial charge is 0.239 e. The van der Waals surface area contributed by atoms with Crippen LogP contribution in [0.15, 0.2) is 6.07 Å². The molecule has 0 unspecified atom stereocenters. The average Bonchev–Trinajstić information content (AvgIpc) is 2.54. The number of nitrogens with one attached hydrogen (secondary N) is 2. The second-order valence-electron chi connectivity index (χ2n) is 3.89. The van der Waals surface area contributed by atoms with Gasteiger partial charge in [0, 0.05) is 13.1 Å². The van der Waals surface area contributed by atoms with E-state index in [-0.39, 0.29) is 12.5 Å². The Hall–Kier alpha value is -1.24. The Labute approximate surface area is 114 Å². The van der Waals surface area contributed by atoms with Crippen molar-refractivity contribution in [1.29, 1.82) is 0 Å².